The molecule has 0 atom stereocenters. The molecular weight excluding hydrogens is 418 g/mol. The van der Waals surface area contributed by atoms with Crippen molar-refractivity contribution in [1.29, 1.82) is 0 Å². The summed E-state index contributed by atoms with van der Waals surface area (Å²) in [6.07, 6.45) is 0. The number of ether oxygens (including phenoxy) is 3. The van der Waals surface area contributed by atoms with Crippen molar-refractivity contribution in [2.45, 2.75) is 18.7 Å². The minimum atomic E-state index is -3.80. The molecule has 0 saturated carbocycles. The van der Waals surface area contributed by atoms with Crippen LogP contribution in [0.4, 0.5) is 5.69 Å². The van der Waals surface area contributed by atoms with Crippen molar-refractivity contribution in [1.82, 2.24) is 10.2 Å². The maximum Gasteiger partial charge on any atom is 0.262 e. The van der Waals surface area contributed by atoms with E-state index in [9.17, 15) is 8.42 Å². The van der Waals surface area contributed by atoms with E-state index < -0.39 is 10.0 Å². The number of nitrogens with one attached hydrogen (secondary N) is 1. The zero-order chi connectivity index (χ0) is 22.4. The number of methoxy groups -OCH3 is 2. The first-order chi connectivity index (χ1) is 14.8. The van der Waals surface area contributed by atoms with Crippen molar-refractivity contribution in [3.8, 4) is 28.6 Å². The second-order valence-electron chi connectivity index (χ2n) is 7.16. The molecule has 0 saturated heterocycles. The van der Waals surface area contributed by atoms with Gasteiger partial charge in [-0.05, 0) is 36.2 Å². The fraction of sp³-hybridized carbons (Fsp3) is 0.273. The molecule has 1 heterocycles. The molecule has 3 aromatic rings. The molecule has 0 aliphatic rings. The van der Waals surface area contributed by atoms with Crippen molar-refractivity contribution in [3.05, 3.63) is 54.6 Å². The van der Waals surface area contributed by atoms with Crippen molar-refractivity contribution < 1.29 is 22.6 Å². The molecule has 0 unspecified atom stereocenters. The van der Waals surface area contributed by atoms with Gasteiger partial charge in [0.05, 0.1) is 31.4 Å². The van der Waals surface area contributed by atoms with E-state index in [0.29, 0.717) is 41.3 Å². The standard InChI is InChI=1S/C22H25N3O5S/c1-15(2)14-30-22-12-10-19(23-24-22)16-5-7-17(8-6-16)25-31(26,27)18-9-11-20(28-3)21(13-18)29-4/h5-13,15,25H,14H2,1-4H3. The van der Waals surface area contributed by atoms with Crippen LogP contribution in [0.2, 0.25) is 0 Å². The number of rotatable bonds is 9. The highest BCUT2D eigenvalue weighted by atomic mass is 32.2. The molecule has 3 rings (SSSR count). The summed E-state index contributed by atoms with van der Waals surface area (Å²) in [5, 5.41) is 8.25. The second kappa shape index (κ2) is 9.65. The van der Waals surface area contributed by atoms with Crippen LogP contribution in [-0.2, 0) is 10.0 Å². The molecule has 0 aliphatic carbocycles. The molecule has 2 aromatic carbocycles. The van der Waals surface area contributed by atoms with Crippen LogP contribution in [0.15, 0.2) is 59.5 Å². The Bertz CT molecular complexity index is 1110. The predicted molar refractivity (Wildman–Crippen MR) is 118 cm³/mol. The minimum absolute atomic E-state index is 0.0667. The minimum Gasteiger partial charge on any atom is -0.493 e. The lowest BCUT2D eigenvalue weighted by molar-refractivity contribution is 0.258. The predicted octanol–water partition coefficient (Wildman–Crippen LogP) is 4.00. The summed E-state index contributed by atoms with van der Waals surface area (Å²) < 4.78 is 43.9. The van der Waals surface area contributed by atoms with Gasteiger partial charge >= 0.3 is 0 Å². The lowest BCUT2D eigenvalue weighted by Gasteiger charge is -2.12. The fourth-order valence-corrected chi connectivity index (χ4v) is 3.78. The summed E-state index contributed by atoms with van der Waals surface area (Å²) in [5.74, 6) is 1.65. The molecular formula is C22H25N3O5S. The Kier molecular flexibility index (Phi) is 6.96. The second-order valence-corrected chi connectivity index (χ2v) is 8.84. The van der Waals surface area contributed by atoms with Gasteiger partial charge in [0, 0.05) is 23.4 Å². The summed E-state index contributed by atoms with van der Waals surface area (Å²) in [4.78, 5) is 0.0667. The van der Waals surface area contributed by atoms with Crippen molar-refractivity contribution in [2.75, 3.05) is 25.5 Å². The molecule has 0 bridgehead atoms. The lowest BCUT2D eigenvalue weighted by Crippen LogP contribution is -2.13. The monoisotopic (exact) mass is 443 g/mol. The first kappa shape index (κ1) is 22.4. The van der Waals surface area contributed by atoms with Gasteiger partial charge in [0.15, 0.2) is 11.5 Å². The van der Waals surface area contributed by atoms with Gasteiger partial charge in [0.25, 0.3) is 10.0 Å². The zero-order valence-corrected chi connectivity index (χ0v) is 18.6. The Morgan fingerprint density at radius 3 is 2.19 bits per heavy atom. The van der Waals surface area contributed by atoms with Gasteiger partial charge in [-0.25, -0.2) is 8.42 Å². The highest BCUT2D eigenvalue weighted by Crippen LogP contribution is 2.30. The third kappa shape index (κ3) is 5.64. The van der Waals surface area contributed by atoms with Crippen LogP contribution in [0.1, 0.15) is 13.8 Å². The normalized spacial score (nSPS) is 11.3. The van der Waals surface area contributed by atoms with E-state index >= 15 is 0 Å². The summed E-state index contributed by atoms with van der Waals surface area (Å²) in [5.41, 5.74) is 1.88. The molecule has 9 heteroatoms. The van der Waals surface area contributed by atoms with Crippen LogP contribution in [-0.4, -0.2) is 39.4 Å². The van der Waals surface area contributed by atoms with Gasteiger partial charge < -0.3 is 14.2 Å². The molecule has 0 amide bonds. The number of benzene rings is 2. The highest BCUT2D eigenvalue weighted by Gasteiger charge is 2.17. The van der Waals surface area contributed by atoms with Crippen LogP contribution >= 0.6 is 0 Å². The van der Waals surface area contributed by atoms with E-state index in [4.69, 9.17) is 14.2 Å². The Hall–Kier alpha value is -3.33. The van der Waals surface area contributed by atoms with E-state index in [2.05, 4.69) is 28.8 Å². The van der Waals surface area contributed by atoms with Gasteiger partial charge in [-0.2, -0.15) is 0 Å². The Balaban J connectivity index is 1.73. The maximum absolute atomic E-state index is 12.7. The van der Waals surface area contributed by atoms with Gasteiger partial charge in [0.1, 0.15) is 0 Å². The maximum atomic E-state index is 12.7. The van der Waals surface area contributed by atoms with Crippen LogP contribution < -0.4 is 18.9 Å². The van der Waals surface area contributed by atoms with Gasteiger partial charge in [-0.1, -0.05) is 26.0 Å². The first-order valence-corrected chi connectivity index (χ1v) is 11.1. The van der Waals surface area contributed by atoms with E-state index in [1.165, 1.54) is 26.4 Å². The average Bonchev–Trinajstić information content (AvgIpc) is 2.77. The van der Waals surface area contributed by atoms with Gasteiger partial charge in [0.2, 0.25) is 5.88 Å². The van der Waals surface area contributed by atoms with Crippen molar-refractivity contribution in [3.63, 3.8) is 0 Å². The van der Waals surface area contributed by atoms with Crippen LogP contribution in [0.3, 0.4) is 0 Å². The molecule has 8 nitrogen and oxygen atoms in total. The van der Waals surface area contributed by atoms with Crippen molar-refractivity contribution in [2.24, 2.45) is 5.92 Å². The molecule has 1 aromatic heterocycles. The Morgan fingerprint density at radius 2 is 1.61 bits per heavy atom. The smallest absolute Gasteiger partial charge is 0.262 e. The Morgan fingerprint density at radius 1 is 0.903 bits per heavy atom. The van der Waals surface area contributed by atoms with E-state index in [1.54, 1.807) is 36.4 Å². The molecule has 0 spiro atoms. The highest BCUT2D eigenvalue weighted by molar-refractivity contribution is 7.92. The number of nitrogens with zero attached hydrogens (tertiary/aromatic N) is 2. The lowest BCUT2D eigenvalue weighted by atomic mass is 10.1. The quantitative estimate of drug-likeness (QED) is 0.534. The largest absolute Gasteiger partial charge is 0.493 e. The Labute approximate surface area is 182 Å². The summed E-state index contributed by atoms with van der Waals surface area (Å²) in [7, 11) is -0.858. The number of sulfonamides is 1. The topological polar surface area (TPSA) is 99.6 Å². The number of anilines is 1. The van der Waals surface area contributed by atoms with E-state index in [-0.39, 0.29) is 4.90 Å². The summed E-state index contributed by atoms with van der Waals surface area (Å²) >= 11 is 0. The number of aromatic nitrogens is 2. The third-order valence-electron chi connectivity index (χ3n) is 4.30. The molecule has 164 valence electrons. The fourth-order valence-electron chi connectivity index (χ4n) is 2.71. The summed E-state index contributed by atoms with van der Waals surface area (Å²) in [6, 6.07) is 14.9. The van der Waals surface area contributed by atoms with Crippen LogP contribution in [0.5, 0.6) is 17.4 Å². The average molecular weight is 444 g/mol. The molecule has 0 aliphatic heterocycles. The van der Waals surface area contributed by atoms with E-state index in [1.807, 2.05) is 6.07 Å². The number of hydrogen-bond acceptors (Lipinski definition) is 7. The molecule has 0 radical (unpaired) electrons. The SMILES string of the molecule is COc1ccc(S(=O)(=O)Nc2ccc(-c3ccc(OCC(C)C)nn3)cc2)cc1OC. The summed E-state index contributed by atoms with van der Waals surface area (Å²) in [6.45, 7) is 4.69. The van der Waals surface area contributed by atoms with Crippen LogP contribution in [0, 0.1) is 5.92 Å². The zero-order valence-electron chi connectivity index (χ0n) is 17.8. The van der Waals surface area contributed by atoms with E-state index in [0.717, 1.165) is 5.56 Å². The molecule has 1 N–H and O–H groups in total. The van der Waals surface area contributed by atoms with Gasteiger partial charge in [-0.3, -0.25) is 4.72 Å². The molecule has 0 fully saturated rings. The molecule has 31 heavy (non-hydrogen) atoms. The third-order valence-corrected chi connectivity index (χ3v) is 5.68. The van der Waals surface area contributed by atoms with Crippen molar-refractivity contribution >= 4 is 15.7 Å². The first-order valence-electron chi connectivity index (χ1n) is 9.64. The number of hydrogen-bond donors (Lipinski definition) is 1. The van der Waals surface area contributed by atoms with Crippen LogP contribution in [0.25, 0.3) is 11.3 Å². The van der Waals surface area contributed by atoms with Gasteiger partial charge in [-0.15, -0.1) is 10.2 Å².